The molecule has 0 radical (unpaired) electrons. The summed E-state index contributed by atoms with van der Waals surface area (Å²) in [6.07, 6.45) is -4.51. The van der Waals surface area contributed by atoms with Crippen LogP contribution in [0.1, 0.15) is 11.1 Å². The van der Waals surface area contributed by atoms with Crippen LogP contribution >= 0.6 is 11.8 Å². The van der Waals surface area contributed by atoms with Gasteiger partial charge in [0.1, 0.15) is 0 Å². The van der Waals surface area contributed by atoms with Gasteiger partial charge in [0.05, 0.1) is 11.3 Å². The van der Waals surface area contributed by atoms with Crippen LogP contribution in [0, 0.1) is 18.6 Å². The number of aryl methyl sites for hydroxylation is 1. The van der Waals surface area contributed by atoms with Crippen molar-refractivity contribution in [2.24, 2.45) is 0 Å². The minimum absolute atomic E-state index is 0.0174. The molecular weight excluding hydrogens is 349 g/mol. The van der Waals surface area contributed by atoms with Crippen molar-refractivity contribution in [2.45, 2.75) is 18.0 Å². The second kappa shape index (κ2) is 7.21. The summed E-state index contributed by atoms with van der Waals surface area (Å²) in [6, 6.07) is 6.68. The molecule has 0 saturated heterocycles. The number of hydrogen-bond donors (Lipinski definition) is 1. The van der Waals surface area contributed by atoms with Gasteiger partial charge in [-0.15, -0.1) is 11.8 Å². The fraction of sp³-hybridized carbons (Fsp3) is 0.188. The van der Waals surface area contributed by atoms with Crippen LogP contribution in [0.2, 0.25) is 0 Å². The van der Waals surface area contributed by atoms with Crippen LogP contribution in [0.5, 0.6) is 0 Å². The van der Waals surface area contributed by atoms with E-state index in [1.54, 1.807) is 0 Å². The van der Waals surface area contributed by atoms with E-state index in [2.05, 4.69) is 5.32 Å². The van der Waals surface area contributed by atoms with E-state index in [9.17, 15) is 26.7 Å². The number of anilines is 1. The van der Waals surface area contributed by atoms with Gasteiger partial charge in [-0.3, -0.25) is 4.79 Å². The Morgan fingerprint density at radius 2 is 1.79 bits per heavy atom. The van der Waals surface area contributed by atoms with E-state index in [0.29, 0.717) is 4.90 Å². The molecular formula is C16H12F5NOS. The number of halogens is 5. The largest absolute Gasteiger partial charge is 0.416 e. The Kier molecular flexibility index (Phi) is 5.48. The lowest BCUT2D eigenvalue weighted by molar-refractivity contribution is -0.138. The number of carbonyl (C=O) groups excluding carboxylic acids is 1. The first kappa shape index (κ1) is 18.3. The van der Waals surface area contributed by atoms with Crippen LogP contribution in [0.15, 0.2) is 41.3 Å². The van der Waals surface area contributed by atoms with Crippen molar-refractivity contribution in [3.63, 3.8) is 0 Å². The molecule has 0 bridgehead atoms. The average molecular weight is 361 g/mol. The fourth-order valence-electron chi connectivity index (χ4n) is 1.92. The molecule has 24 heavy (non-hydrogen) atoms. The molecule has 1 amide bonds. The smallest absolute Gasteiger partial charge is 0.325 e. The molecule has 0 aliphatic carbocycles. The molecule has 2 aromatic rings. The van der Waals surface area contributed by atoms with Gasteiger partial charge in [-0.2, -0.15) is 13.2 Å². The van der Waals surface area contributed by atoms with E-state index >= 15 is 0 Å². The Bertz CT molecular complexity index is 761. The van der Waals surface area contributed by atoms with Crippen LogP contribution in [0.25, 0.3) is 0 Å². The predicted molar refractivity (Wildman–Crippen MR) is 81.9 cm³/mol. The molecule has 0 aromatic heterocycles. The number of alkyl halides is 3. The Labute approximate surface area is 139 Å². The van der Waals surface area contributed by atoms with Gasteiger partial charge in [-0.1, -0.05) is 6.07 Å². The maximum absolute atomic E-state index is 13.0. The monoisotopic (exact) mass is 361 g/mol. The molecule has 0 aliphatic heterocycles. The van der Waals surface area contributed by atoms with Crippen molar-refractivity contribution in [3.8, 4) is 0 Å². The van der Waals surface area contributed by atoms with E-state index in [4.69, 9.17) is 0 Å². The maximum atomic E-state index is 13.0. The first-order chi connectivity index (χ1) is 11.2. The molecule has 2 aromatic carbocycles. The number of hydrogen-bond acceptors (Lipinski definition) is 2. The summed E-state index contributed by atoms with van der Waals surface area (Å²) in [5, 5.41) is 2.35. The third kappa shape index (κ3) is 4.70. The van der Waals surface area contributed by atoms with Gasteiger partial charge < -0.3 is 5.32 Å². The van der Waals surface area contributed by atoms with Crippen molar-refractivity contribution in [1.82, 2.24) is 0 Å². The second-order valence-corrected chi connectivity index (χ2v) is 5.99. The SMILES string of the molecule is Cc1ccc(NC(=O)CSc2ccc(F)c(F)c2)cc1C(F)(F)F. The Morgan fingerprint density at radius 3 is 2.42 bits per heavy atom. The molecule has 0 aliphatic rings. The van der Waals surface area contributed by atoms with E-state index < -0.39 is 29.3 Å². The Hall–Kier alpha value is -2.09. The fourth-order valence-corrected chi connectivity index (χ4v) is 2.64. The van der Waals surface area contributed by atoms with Crippen molar-refractivity contribution in [2.75, 3.05) is 11.1 Å². The third-order valence-electron chi connectivity index (χ3n) is 3.09. The van der Waals surface area contributed by atoms with Gasteiger partial charge in [-0.05, 0) is 42.8 Å². The van der Waals surface area contributed by atoms with E-state index in [1.165, 1.54) is 25.1 Å². The molecule has 0 atom stereocenters. The summed E-state index contributed by atoms with van der Waals surface area (Å²) < 4.78 is 64.3. The number of thioether (sulfide) groups is 1. The summed E-state index contributed by atoms with van der Waals surface area (Å²) in [5.74, 6) is -2.74. The summed E-state index contributed by atoms with van der Waals surface area (Å²) in [4.78, 5) is 12.1. The maximum Gasteiger partial charge on any atom is 0.416 e. The highest BCUT2D eigenvalue weighted by Crippen LogP contribution is 2.33. The van der Waals surface area contributed by atoms with E-state index in [0.717, 1.165) is 30.0 Å². The molecule has 0 saturated carbocycles. The highest BCUT2D eigenvalue weighted by atomic mass is 32.2. The summed E-state index contributed by atoms with van der Waals surface area (Å²) in [7, 11) is 0. The molecule has 1 N–H and O–H groups in total. The zero-order valence-corrected chi connectivity index (χ0v) is 13.2. The first-order valence-corrected chi connectivity index (χ1v) is 7.71. The Morgan fingerprint density at radius 1 is 1.08 bits per heavy atom. The van der Waals surface area contributed by atoms with Gasteiger partial charge in [0.25, 0.3) is 0 Å². The number of rotatable bonds is 4. The van der Waals surface area contributed by atoms with Crippen LogP contribution in [0.4, 0.5) is 27.6 Å². The molecule has 0 unspecified atom stereocenters. The molecule has 0 heterocycles. The van der Waals surface area contributed by atoms with Gasteiger partial charge in [-0.25, -0.2) is 8.78 Å². The van der Waals surface area contributed by atoms with Crippen LogP contribution in [-0.2, 0) is 11.0 Å². The first-order valence-electron chi connectivity index (χ1n) is 6.72. The van der Waals surface area contributed by atoms with Crippen LogP contribution < -0.4 is 5.32 Å². The normalized spacial score (nSPS) is 11.4. The molecule has 0 spiro atoms. The zero-order valence-electron chi connectivity index (χ0n) is 12.4. The Balaban J connectivity index is 2.01. The number of benzene rings is 2. The minimum atomic E-state index is -4.51. The quantitative estimate of drug-likeness (QED) is 0.612. The summed E-state index contributed by atoms with van der Waals surface area (Å²) >= 11 is 0.943. The number of nitrogens with one attached hydrogen (secondary N) is 1. The average Bonchev–Trinajstić information content (AvgIpc) is 2.49. The molecule has 8 heteroatoms. The van der Waals surface area contributed by atoms with Crippen LogP contribution in [-0.4, -0.2) is 11.7 Å². The van der Waals surface area contributed by atoms with Crippen molar-refractivity contribution in [3.05, 3.63) is 59.2 Å². The molecule has 2 nitrogen and oxygen atoms in total. The molecule has 0 fully saturated rings. The zero-order chi connectivity index (χ0) is 17.9. The lowest BCUT2D eigenvalue weighted by atomic mass is 10.1. The van der Waals surface area contributed by atoms with Crippen molar-refractivity contribution in [1.29, 1.82) is 0 Å². The minimum Gasteiger partial charge on any atom is -0.325 e. The van der Waals surface area contributed by atoms with Gasteiger partial charge in [0.15, 0.2) is 11.6 Å². The van der Waals surface area contributed by atoms with Gasteiger partial charge >= 0.3 is 6.18 Å². The highest BCUT2D eigenvalue weighted by molar-refractivity contribution is 8.00. The van der Waals surface area contributed by atoms with Gasteiger partial charge in [0, 0.05) is 10.6 Å². The number of amides is 1. The standard InChI is InChI=1S/C16H12F5NOS/c1-9-2-3-10(6-12(9)16(19,20)21)22-15(23)8-24-11-4-5-13(17)14(18)7-11/h2-7H,8H2,1H3,(H,22,23). The van der Waals surface area contributed by atoms with E-state index in [-0.39, 0.29) is 17.0 Å². The van der Waals surface area contributed by atoms with Crippen molar-refractivity contribution >= 4 is 23.4 Å². The predicted octanol–water partition coefficient (Wildman–Crippen LogP) is 5.02. The van der Waals surface area contributed by atoms with Crippen molar-refractivity contribution < 1.29 is 26.7 Å². The van der Waals surface area contributed by atoms with Crippen LogP contribution in [0.3, 0.4) is 0 Å². The van der Waals surface area contributed by atoms with E-state index in [1.807, 2.05) is 0 Å². The third-order valence-corrected chi connectivity index (χ3v) is 4.08. The summed E-state index contributed by atoms with van der Waals surface area (Å²) in [5.41, 5.74) is -0.756. The molecule has 128 valence electrons. The second-order valence-electron chi connectivity index (χ2n) is 4.94. The molecule has 2 rings (SSSR count). The lowest BCUT2D eigenvalue weighted by Crippen LogP contribution is -2.15. The summed E-state index contributed by atoms with van der Waals surface area (Å²) in [6.45, 7) is 1.33. The van der Waals surface area contributed by atoms with Gasteiger partial charge in [0.2, 0.25) is 5.91 Å². The topological polar surface area (TPSA) is 29.1 Å². The highest BCUT2D eigenvalue weighted by Gasteiger charge is 2.32. The number of carbonyl (C=O) groups is 1. The lowest BCUT2D eigenvalue weighted by Gasteiger charge is -2.12.